The molecule has 0 aromatic heterocycles. The summed E-state index contributed by atoms with van der Waals surface area (Å²) in [5, 5.41) is 12.8. The van der Waals surface area contributed by atoms with Gasteiger partial charge in [-0.2, -0.15) is 0 Å². The van der Waals surface area contributed by atoms with E-state index in [1.165, 1.54) is 96.3 Å². The molecule has 0 aliphatic rings. The Morgan fingerprint density at radius 2 is 0.958 bits per heavy atom. The van der Waals surface area contributed by atoms with Crippen molar-refractivity contribution in [2.45, 2.75) is 143 Å². The third kappa shape index (κ3) is 10.7. The monoisotopic (exact) mass is 339 g/mol. The summed E-state index contributed by atoms with van der Waals surface area (Å²) < 4.78 is 0. The van der Waals surface area contributed by atoms with Gasteiger partial charge in [-0.1, -0.05) is 111 Å². The Kier molecular flexibility index (Phi) is 16.4. The molecule has 1 unspecified atom stereocenters. The fourth-order valence-corrected chi connectivity index (χ4v) is 4.30. The van der Waals surface area contributed by atoms with Crippen LogP contribution in [0.15, 0.2) is 0 Å². The van der Waals surface area contributed by atoms with Gasteiger partial charge in [0.2, 0.25) is 0 Å². The second-order valence-corrected chi connectivity index (χ2v) is 8.04. The molecule has 0 aliphatic carbocycles. The summed E-state index contributed by atoms with van der Waals surface area (Å²) in [5.41, 5.74) is 0.0962. The van der Waals surface area contributed by atoms with Crippen LogP contribution in [0.3, 0.4) is 0 Å². The van der Waals surface area contributed by atoms with Crippen LogP contribution in [-0.4, -0.2) is 6.10 Å². The molecule has 1 heteroatoms. The molecule has 24 heavy (non-hydrogen) atoms. The highest BCUT2D eigenvalue weighted by Gasteiger charge is 2.36. The second kappa shape index (κ2) is 16.4. The Balaban J connectivity index is 4.35. The van der Waals surface area contributed by atoms with Crippen LogP contribution in [-0.2, 0) is 5.11 Å². The molecule has 0 aromatic carbocycles. The normalized spacial score (nSPS) is 13.4. The lowest BCUT2D eigenvalue weighted by Gasteiger charge is -2.37. The van der Waals surface area contributed by atoms with Gasteiger partial charge in [0, 0.05) is 0 Å². The molecule has 1 nitrogen and oxygen atoms in total. The molecule has 0 saturated heterocycles. The maximum Gasteiger partial charge on any atom is 0.0983 e. The Morgan fingerprint density at radius 3 is 1.33 bits per heavy atom. The topological polar surface area (TPSA) is 19.9 Å². The van der Waals surface area contributed by atoms with E-state index in [0.29, 0.717) is 0 Å². The summed E-state index contributed by atoms with van der Waals surface area (Å²) in [5.74, 6) is 0. The van der Waals surface area contributed by atoms with Crippen LogP contribution in [0.2, 0.25) is 0 Å². The minimum Gasteiger partial charge on any atom is -0.233 e. The van der Waals surface area contributed by atoms with Crippen molar-refractivity contribution in [3.8, 4) is 0 Å². The summed E-state index contributed by atoms with van der Waals surface area (Å²) in [7, 11) is 0. The highest BCUT2D eigenvalue weighted by atomic mass is 16.3. The minimum absolute atomic E-state index is 0.0962. The maximum absolute atomic E-state index is 12.8. The van der Waals surface area contributed by atoms with E-state index in [1.54, 1.807) is 0 Å². The molecule has 0 rings (SSSR count). The van der Waals surface area contributed by atoms with Gasteiger partial charge in [0.05, 0.1) is 6.10 Å². The fourth-order valence-electron chi connectivity index (χ4n) is 4.30. The van der Waals surface area contributed by atoms with E-state index in [-0.39, 0.29) is 11.5 Å². The quantitative estimate of drug-likeness (QED) is 0.223. The van der Waals surface area contributed by atoms with Gasteiger partial charge >= 0.3 is 0 Å². The van der Waals surface area contributed by atoms with E-state index in [1.807, 2.05) is 0 Å². The zero-order chi connectivity index (χ0) is 18.1. The van der Waals surface area contributed by atoms with Crippen LogP contribution in [0.5, 0.6) is 0 Å². The third-order valence-electron chi connectivity index (χ3n) is 5.86. The van der Waals surface area contributed by atoms with Gasteiger partial charge in [0.25, 0.3) is 0 Å². The van der Waals surface area contributed by atoms with Gasteiger partial charge < -0.3 is 0 Å². The molecule has 0 amide bonds. The molecular weight excluding hydrogens is 292 g/mol. The summed E-state index contributed by atoms with van der Waals surface area (Å²) >= 11 is 0. The third-order valence-corrected chi connectivity index (χ3v) is 5.86. The van der Waals surface area contributed by atoms with Crippen molar-refractivity contribution in [1.82, 2.24) is 0 Å². The van der Waals surface area contributed by atoms with Crippen molar-refractivity contribution < 1.29 is 5.11 Å². The average Bonchev–Trinajstić information content (AvgIpc) is 2.60. The second-order valence-electron chi connectivity index (χ2n) is 8.04. The van der Waals surface area contributed by atoms with Gasteiger partial charge in [0.15, 0.2) is 0 Å². The minimum atomic E-state index is -0.344. The standard InChI is InChI=1S/C23H47O/c1-5-9-11-13-15-17-20-23(19-7-3,22(24)8-4)21-18-16-14-12-10-6-2/h22H,5-21H2,1-4H3. The largest absolute Gasteiger partial charge is 0.233 e. The molecule has 0 spiro atoms. The smallest absolute Gasteiger partial charge is 0.0983 e. The highest BCUT2D eigenvalue weighted by Crippen LogP contribution is 2.41. The Bertz CT molecular complexity index is 232. The first-order valence-corrected chi connectivity index (χ1v) is 11.3. The van der Waals surface area contributed by atoms with E-state index in [2.05, 4.69) is 27.7 Å². The van der Waals surface area contributed by atoms with Gasteiger partial charge in [0.1, 0.15) is 0 Å². The van der Waals surface area contributed by atoms with Crippen LogP contribution >= 0.6 is 0 Å². The lowest BCUT2D eigenvalue weighted by atomic mass is 9.69. The van der Waals surface area contributed by atoms with Crippen molar-refractivity contribution in [3.05, 3.63) is 0 Å². The Hall–Kier alpha value is -0.0400. The zero-order valence-corrected chi connectivity index (χ0v) is 17.5. The van der Waals surface area contributed by atoms with Crippen molar-refractivity contribution in [3.63, 3.8) is 0 Å². The predicted octanol–water partition coefficient (Wildman–Crippen LogP) is 8.48. The van der Waals surface area contributed by atoms with Crippen LogP contribution < -0.4 is 0 Å². The number of unbranched alkanes of at least 4 members (excludes halogenated alkanes) is 10. The van der Waals surface area contributed by atoms with E-state index in [0.717, 1.165) is 12.8 Å². The molecule has 0 N–H and O–H groups in total. The average molecular weight is 340 g/mol. The van der Waals surface area contributed by atoms with Gasteiger partial charge in [-0.25, -0.2) is 5.11 Å². The van der Waals surface area contributed by atoms with Crippen molar-refractivity contribution in [1.29, 1.82) is 0 Å². The predicted molar refractivity (Wildman–Crippen MR) is 108 cm³/mol. The Morgan fingerprint density at radius 1 is 0.542 bits per heavy atom. The van der Waals surface area contributed by atoms with Crippen LogP contribution in [0.1, 0.15) is 137 Å². The van der Waals surface area contributed by atoms with E-state index < -0.39 is 0 Å². The summed E-state index contributed by atoms with van der Waals surface area (Å²) in [6.07, 6.45) is 21.2. The van der Waals surface area contributed by atoms with Gasteiger partial charge in [-0.3, -0.25) is 0 Å². The first-order valence-electron chi connectivity index (χ1n) is 11.3. The molecule has 145 valence electrons. The molecular formula is C23H47O. The molecule has 0 saturated carbocycles. The van der Waals surface area contributed by atoms with Crippen LogP contribution in [0.25, 0.3) is 0 Å². The van der Waals surface area contributed by atoms with E-state index in [4.69, 9.17) is 0 Å². The maximum atomic E-state index is 12.8. The summed E-state index contributed by atoms with van der Waals surface area (Å²) in [6, 6.07) is 0. The van der Waals surface area contributed by atoms with Crippen LogP contribution in [0.4, 0.5) is 0 Å². The van der Waals surface area contributed by atoms with E-state index in [9.17, 15) is 5.11 Å². The van der Waals surface area contributed by atoms with Crippen molar-refractivity contribution in [2.24, 2.45) is 5.41 Å². The van der Waals surface area contributed by atoms with Crippen molar-refractivity contribution in [2.75, 3.05) is 0 Å². The lowest BCUT2D eigenvalue weighted by Crippen LogP contribution is -2.34. The van der Waals surface area contributed by atoms with Crippen LogP contribution in [0, 0.1) is 5.41 Å². The molecule has 0 bridgehead atoms. The summed E-state index contributed by atoms with van der Waals surface area (Å²) in [6.45, 7) is 8.91. The first kappa shape index (κ1) is 24.0. The molecule has 1 atom stereocenters. The fraction of sp³-hybridized carbons (Fsp3) is 1.00. The number of hydrogen-bond donors (Lipinski definition) is 0. The summed E-state index contributed by atoms with van der Waals surface area (Å²) in [4.78, 5) is 0. The number of rotatable bonds is 18. The molecule has 0 heterocycles. The van der Waals surface area contributed by atoms with E-state index >= 15 is 0 Å². The Labute approximate surface area is 154 Å². The zero-order valence-electron chi connectivity index (χ0n) is 17.5. The van der Waals surface area contributed by atoms with Crippen molar-refractivity contribution >= 4 is 0 Å². The SMILES string of the molecule is CCCCCCCCC(CCC)(CCCCCCCC)C([O])CC. The van der Waals surface area contributed by atoms with Gasteiger partial charge in [-0.05, 0) is 31.1 Å². The first-order chi connectivity index (χ1) is 11.7. The van der Waals surface area contributed by atoms with Gasteiger partial charge in [-0.15, -0.1) is 0 Å². The molecule has 1 radical (unpaired) electrons. The lowest BCUT2D eigenvalue weighted by molar-refractivity contribution is -0.0495. The molecule has 0 aromatic rings. The molecule has 0 fully saturated rings. The molecule has 0 aliphatic heterocycles. The highest BCUT2D eigenvalue weighted by molar-refractivity contribution is 4.85. The number of hydrogen-bond acceptors (Lipinski definition) is 0.